The summed E-state index contributed by atoms with van der Waals surface area (Å²) in [6.45, 7) is 5.80. The first-order valence-corrected chi connectivity index (χ1v) is 10.7. The fourth-order valence-electron chi connectivity index (χ4n) is 3.86. The Morgan fingerprint density at radius 2 is 1.96 bits per heavy atom. The molecule has 2 aromatic carbocycles. The van der Waals surface area contributed by atoms with Gasteiger partial charge in [-0.1, -0.05) is 13.8 Å². The smallest absolute Gasteiger partial charge is 0.362 e. The van der Waals surface area contributed by atoms with Crippen molar-refractivity contribution in [2.45, 2.75) is 45.4 Å². The van der Waals surface area contributed by atoms with Crippen LogP contribution < -0.4 is 4.74 Å². The molecule has 0 amide bonds. The zero-order valence-electron chi connectivity index (χ0n) is 15.6. The Morgan fingerprint density at radius 3 is 2.59 bits per heavy atom. The SMILES string of the molecule is Cc1cc(OCP(=O)(O)O)cc2c1C(c1cc(C(C)C)c(O)cc1F)CC2. The van der Waals surface area contributed by atoms with Crippen molar-refractivity contribution in [2.75, 3.05) is 6.35 Å². The number of ether oxygens (including phenoxy) is 1. The molecular weight excluding hydrogens is 370 g/mol. The van der Waals surface area contributed by atoms with Gasteiger partial charge in [0.25, 0.3) is 0 Å². The van der Waals surface area contributed by atoms with Crippen molar-refractivity contribution in [2.24, 2.45) is 0 Å². The molecule has 1 aliphatic carbocycles. The lowest BCUT2D eigenvalue weighted by Crippen LogP contribution is -2.05. The maximum absolute atomic E-state index is 14.6. The van der Waals surface area contributed by atoms with Crippen LogP contribution in [0.5, 0.6) is 11.5 Å². The fourth-order valence-corrected chi connectivity index (χ4v) is 4.18. The highest BCUT2D eigenvalue weighted by Gasteiger charge is 2.30. The van der Waals surface area contributed by atoms with Gasteiger partial charge >= 0.3 is 7.60 Å². The summed E-state index contributed by atoms with van der Waals surface area (Å²) in [5, 5.41) is 10.0. The van der Waals surface area contributed by atoms with Crippen LogP contribution in [-0.2, 0) is 11.0 Å². The fraction of sp³-hybridized carbons (Fsp3) is 0.400. The number of rotatable bonds is 5. The van der Waals surface area contributed by atoms with Crippen LogP contribution in [0.2, 0.25) is 0 Å². The highest BCUT2D eigenvalue weighted by molar-refractivity contribution is 7.51. The third kappa shape index (κ3) is 4.18. The average Bonchev–Trinajstić information content (AvgIpc) is 2.96. The number of fused-ring (bicyclic) bond motifs is 1. The normalized spacial score (nSPS) is 16.6. The van der Waals surface area contributed by atoms with E-state index in [4.69, 9.17) is 14.5 Å². The molecule has 0 aliphatic heterocycles. The Bertz CT molecular complexity index is 919. The summed E-state index contributed by atoms with van der Waals surface area (Å²) >= 11 is 0. The molecule has 0 saturated carbocycles. The van der Waals surface area contributed by atoms with E-state index in [2.05, 4.69) is 0 Å². The van der Waals surface area contributed by atoms with Crippen LogP contribution in [0.1, 0.15) is 59.9 Å². The molecule has 0 spiro atoms. The summed E-state index contributed by atoms with van der Waals surface area (Å²) in [4.78, 5) is 18.0. The summed E-state index contributed by atoms with van der Waals surface area (Å²) in [7, 11) is -4.25. The van der Waals surface area contributed by atoms with E-state index < -0.39 is 19.8 Å². The number of benzene rings is 2. The Balaban J connectivity index is 1.98. The Labute approximate surface area is 158 Å². The van der Waals surface area contributed by atoms with Crippen molar-refractivity contribution < 1.29 is 28.6 Å². The van der Waals surface area contributed by atoms with Gasteiger partial charge in [-0.3, -0.25) is 4.57 Å². The van der Waals surface area contributed by atoms with Gasteiger partial charge in [0.1, 0.15) is 17.3 Å². The van der Waals surface area contributed by atoms with Crippen molar-refractivity contribution in [1.29, 1.82) is 0 Å². The van der Waals surface area contributed by atoms with Crippen LogP contribution in [0.4, 0.5) is 4.39 Å². The van der Waals surface area contributed by atoms with Gasteiger partial charge in [0.15, 0.2) is 6.35 Å². The maximum atomic E-state index is 14.6. The lowest BCUT2D eigenvalue weighted by Gasteiger charge is -2.19. The number of phenols is 1. The second kappa shape index (κ2) is 7.27. The monoisotopic (exact) mass is 394 g/mol. The maximum Gasteiger partial charge on any atom is 0.362 e. The van der Waals surface area contributed by atoms with Crippen molar-refractivity contribution in [3.8, 4) is 11.5 Å². The van der Waals surface area contributed by atoms with Gasteiger partial charge in [-0.05, 0) is 71.7 Å². The predicted octanol–water partition coefficient (Wildman–Crippen LogP) is 4.56. The van der Waals surface area contributed by atoms with Crippen LogP contribution in [0, 0.1) is 12.7 Å². The second-order valence-electron chi connectivity index (χ2n) is 7.43. The minimum atomic E-state index is -4.25. The number of aryl methyl sites for hydroxylation is 2. The highest BCUT2D eigenvalue weighted by Crippen LogP contribution is 2.45. The van der Waals surface area contributed by atoms with E-state index in [0.717, 1.165) is 35.1 Å². The lowest BCUT2D eigenvalue weighted by atomic mass is 9.87. The molecule has 0 saturated heterocycles. The Hall–Kier alpha value is -1.88. The molecule has 3 rings (SSSR count). The first kappa shape index (κ1) is 19.9. The molecule has 2 aromatic rings. The lowest BCUT2D eigenvalue weighted by molar-refractivity contribution is 0.300. The quantitative estimate of drug-likeness (QED) is 0.648. The molecule has 1 aliphatic rings. The molecule has 0 radical (unpaired) electrons. The third-order valence-corrected chi connectivity index (χ3v) is 5.51. The number of phenolic OH excluding ortho intramolecular Hbond substituents is 1. The van der Waals surface area contributed by atoms with Gasteiger partial charge in [0.2, 0.25) is 0 Å². The molecule has 1 atom stereocenters. The van der Waals surface area contributed by atoms with Gasteiger partial charge in [0.05, 0.1) is 0 Å². The summed E-state index contributed by atoms with van der Waals surface area (Å²) in [5.74, 6) is -0.0775. The number of halogens is 1. The van der Waals surface area contributed by atoms with Crippen LogP contribution in [-0.4, -0.2) is 21.2 Å². The summed E-state index contributed by atoms with van der Waals surface area (Å²) in [6, 6.07) is 6.45. The minimum Gasteiger partial charge on any atom is -0.508 e. The zero-order valence-corrected chi connectivity index (χ0v) is 16.5. The van der Waals surface area contributed by atoms with E-state index in [-0.39, 0.29) is 17.6 Å². The molecule has 0 heterocycles. The van der Waals surface area contributed by atoms with Gasteiger partial charge in [-0.25, -0.2) is 4.39 Å². The van der Waals surface area contributed by atoms with E-state index in [0.29, 0.717) is 11.3 Å². The zero-order chi connectivity index (χ0) is 19.9. The van der Waals surface area contributed by atoms with Gasteiger partial charge in [-0.15, -0.1) is 0 Å². The topological polar surface area (TPSA) is 87.0 Å². The molecule has 5 nitrogen and oxygen atoms in total. The Morgan fingerprint density at radius 1 is 1.26 bits per heavy atom. The molecule has 0 aromatic heterocycles. The molecule has 3 N–H and O–H groups in total. The van der Waals surface area contributed by atoms with Crippen molar-refractivity contribution in [1.82, 2.24) is 0 Å². The molecule has 146 valence electrons. The van der Waals surface area contributed by atoms with Crippen molar-refractivity contribution in [3.05, 3.63) is 57.9 Å². The largest absolute Gasteiger partial charge is 0.508 e. The average molecular weight is 394 g/mol. The minimum absolute atomic E-state index is 0.0256. The van der Waals surface area contributed by atoms with E-state index in [1.54, 1.807) is 18.2 Å². The second-order valence-corrected chi connectivity index (χ2v) is 9.02. The molecule has 1 unspecified atom stereocenters. The van der Waals surface area contributed by atoms with Crippen LogP contribution in [0.3, 0.4) is 0 Å². The summed E-state index contributed by atoms with van der Waals surface area (Å²) in [5.41, 5.74) is 4.22. The van der Waals surface area contributed by atoms with E-state index in [1.165, 1.54) is 6.07 Å². The van der Waals surface area contributed by atoms with Gasteiger partial charge < -0.3 is 19.6 Å². The number of aromatic hydroxyl groups is 1. The molecule has 0 fully saturated rings. The molecule has 7 heteroatoms. The molecular formula is C20H24FO5P. The number of hydrogen-bond donors (Lipinski definition) is 3. The highest BCUT2D eigenvalue weighted by atomic mass is 31.2. The van der Waals surface area contributed by atoms with E-state index in [1.807, 2.05) is 20.8 Å². The summed E-state index contributed by atoms with van der Waals surface area (Å²) < 4.78 is 30.9. The van der Waals surface area contributed by atoms with Gasteiger partial charge in [0, 0.05) is 12.0 Å². The van der Waals surface area contributed by atoms with E-state index in [9.17, 15) is 14.1 Å². The van der Waals surface area contributed by atoms with Crippen molar-refractivity contribution in [3.63, 3.8) is 0 Å². The van der Waals surface area contributed by atoms with Crippen LogP contribution in [0.15, 0.2) is 24.3 Å². The summed E-state index contributed by atoms with van der Waals surface area (Å²) in [6.07, 6.45) is 0.793. The van der Waals surface area contributed by atoms with Crippen LogP contribution >= 0.6 is 7.60 Å². The first-order chi connectivity index (χ1) is 12.6. The third-order valence-electron chi connectivity index (χ3n) is 5.04. The van der Waals surface area contributed by atoms with Crippen LogP contribution in [0.25, 0.3) is 0 Å². The number of hydrogen-bond acceptors (Lipinski definition) is 3. The first-order valence-electron chi connectivity index (χ1n) is 8.90. The molecule has 0 bridgehead atoms. The molecule has 27 heavy (non-hydrogen) atoms. The Kier molecular flexibility index (Phi) is 5.35. The van der Waals surface area contributed by atoms with Crippen molar-refractivity contribution >= 4 is 7.60 Å². The van der Waals surface area contributed by atoms with Gasteiger partial charge in [-0.2, -0.15) is 0 Å². The predicted molar refractivity (Wildman–Crippen MR) is 101 cm³/mol. The standard InChI is InChI=1S/C20H24FO5P/c1-11(2)16-8-17(18(21)9-19(16)22)15-5-4-13-7-14(6-12(3)20(13)15)26-10-27(23,24)25/h6-9,11,15,22H,4-5,10H2,1-3H3,(H2,23,24,25). The van der Waals surface area contributed by atoms with E-state index >= 15 is 0 Å².